The second-order valence-electron chi connectivity index (χ2n) is 5.74. The Bertz CT molecular complexity index is 800. The van der Waals surface area contributed by atoms with Gasteiger partial charge in [0.15, 0.2) is 6.10 Å². The number of halogens is 1. The van der Waals surface area contributed by atoms with Crippen LogP contribution in [0.25, 0.3) is 11.8 Å². The first-order valence-electron chi connectivity index (χ1n) is 8.41. The lowest BCUT2D eigenvalue weighted by Crippen LogP contribution is -2.35. The molecule has 26 heavy (non-hydrogen) atoms. The van der Waals surface area contributed by atoms with Gasteiger partial charge in [0.2, 0.25) is 0 Å². The molecule has 0 aliphatic carbocycles. The molecule has 138 valence electrons. The number of para-hydroxylation sites is 1. The molecule has 1 aromatic heterocycles. The van der Waals surface area contributed by atoms with Crippen LogP contribution >= 0.6 is 11.6 Å². The van der Waals surface area contributed by atoms with Crippen molar-refractivity contribution in [3.63, 3.8) is 0 Å². The third-order valence-corrected chi connectivity index (χ3v) is 4.01. The van der Waals surface area contributed by atoms with Crippen LogP contribution in [0.4, 0.5) is 0 Å². The van der Waals surface area contributed by atoms with E-state index in [0.717, 1.165) is 12.1 Å². The molecule has 0 saturated carbocycles. The summed E-state index contributed by atoms with van der Waals surface area (Å²) >= 11 is 6.39. The van der Waals surface area contributed by atoms with Gasteiger partial charge in [-0.3, -0.25) is 4.79 Å². The lowest BCUT2D eigenvalue weighted by molar-refractivity contribution is -0.150. The van der Waals surface area contributed by atoms with E-state index in [0.29, 0.717) is 23.0 Å². The fourth-order valence-corrected chi connectivity index (χ4v) is 2.59. The number of benzene rings is 1. The van der Waals surface area contributed by atoms with Crippen molar-refractivity contribution < 1.29 is 14.3 Å². The van der Waals surface area contributed by atoms with Gasteiger partial charge in [0.1, 0.15) is 5.15 Å². The molecule has 7 heteroatoms. The van der Waals surface area contributed by atoms with Crippen LogP contribution in [-0.2, 0) is 14.3 Å². The lowest BCUT2D eigenvalue weighted by Gasteiger charge is -2.11. The largest absolute Gasteiger partial charge is 0.449 e. The van der Waals surface area contributed by atoms with Crippen molar-refractivity contribution in [1.29, 1.82) is 0 Å². The van der Waals surface area contributed by atoms with E-state index in [9.17, 15) is 9.59 Å². The minimum absolute atomic E-state index is 0.320. The third kappa shape index (κ3) is 4.95. The van der Waals surface area contributed by atoms with Crippen LogP contribution < -0.4 is 5.32 Å². The smallest absolute Gasteiger partial charge is 0.331 e. The summed E-state index contributed by atoms with van der Waals surface area (Å²) in [6.45, 7) is 5.82. The Kier molecular flexibility index (Phi) is 6.97. The number of rotatable bonds is 7. The Balaban J connectivity index is 2.07. The first kappa shape index (κ1) is 19.7. The van der Waals surface area contributed by atoms with Crippen molar-refractivity contribution in [2.45, 2.75) is 33.3 Å². The fourth-order valence-electron chi connectivity index (χ4n) is 2.25. The molecule has 0 aliphatic rings. The second kappa shape index (κ2) is 9.20. The average Bonchev–Trinajstić information content (AvgIpc) is 2.92. The predicted octanol–water partition coefficient (Wildman–Crippen LogP) is 3.31. The summed E-state index contributed by atoms with van der Waals surface area (Å²) in [5.74, 6) is -0.938. The van der Waals surface area contributed by atoms with E-state index in [1.807, 2.05) is 37.3 Å². The van der Waals surface area contributed by atoms with Gasteiger partial charge < -0.3 is 10.1 Å². The molecule has 0 aliphatic heterocycles. The molecule has 1 aromatic carbocycles. The first-order chi connectivity index (χ1) is 12.4. The minimum Gasteiger partial charge on any atom is -0.449 e. The minimum atomic E-state index is -0.859. The maximum atomic E-state index is 11.9. The summed E-state index contributed by atoms with van der Waals surface area (Å²) in [7, 11) is 0. The highest BCUT2D eigenvalue weighted by Gasteiger charge is 2.16. The summed E-state index contributed by atoms with van der Waals surface area (Å²) in [6, 6.07) is 9.46. The van der Waals surface area contributed by atoms with Gasteiger partial charge in [-0.1, -0.05) is 36.7 Å². The van der Waals surface area contributed by atoms with Gasteiger partial charge >= 0.3 is 5.97 Å². The van der Waals surface area contributed by atoms with Gasteiger partial charge in [-0.15, -0.1) is 0 Å². The molecule has 1 atom stereocenters. The predicted molar refractivity (Wildman–Crippen MR) is 101 cm³/mol. The average molecular weight is 376 g/mol. The van der Waals surface area contributed by atoms with E-state index in [2.05, 4.69) is 10.4 Å². The molecule has 0 saturated heterocycles. The van der Waals surface area contributed by atoms with Crippen molar-refractivity contribution in [3.05, 3.63) is 52.8 Å². The van der Waals surface area contributed by atoms with Gasteiger partial charge in [0.25, 0.3) is 5.91 Å². The van der Waals surface area contributed by atoms with Crippen LogP contribution in [0.15, 0.2) is 36.4 Å². The van der Waals surface area contributed by atoms with Gasteiger partial charge in [-0.2, -0.15) is 5.10 Å². The molecular weight excluding hydrogens is 354 g/mol. The van der Waals surface area contributed by atoms with E-state index in [1.54, 1.807) is 17.7 Å². The van der Waals surface area contributed by atoms with E-state index >= 15 is 0 Å². The van der Waals surface area contributed by atoms with E-state index in [4.69, 9.17) is 16.3 Å². The topological polar surface area (TPSA) is 73.2 Å². The highest BCUT2D eigenvalue weighted by Crippen LogP contribution is 2.24. The van der Waals surface area contributed by atoms with Crippen LogP contribution in [0.3, 0.4) is 0 Å². The van der Waals surface area contributed by atoms with Crippen molar-refractivity contribution in [3.8, 4) is 5.69 Å². The Morgan fingerprint density at radius 3 is 2.69 bits per heavy atom. The molecule has 0 unspecified atom stereocenters. The van der Waals surface area contributed by atoms with E-state index in [1.165, 1.54) is 13.0 Å². The van der Waals surface area contributed by atoms with Gasteiger partial charge in [0.05, 0.1) is 11.4 Å². The van der Waals surface area contributed by atoms with Gasteiger partial charge in [-0.05, 0) is 38.5 Å². The Morgan fingerprint density at radius 2 is 2.04 bits per heavy atom. The number of ether oxygens (including phenoxy) is 1. The first-order valence-corrected chi connectivity index (χ1v) is 8.78. The van der Waals surface area contributed by atoms with Crippen LogP contribution in [-0.4, -0.2) is 34.3 Å². The molecule has 6 nitrogen and oxygen atoms in total. The number of amides is 1. The number of esters is 1. The summed E-state index contributed by atoms with van der Waals surface area (Å²) in [5, 5.41) is 7.47. The number of hydrogen-bond donors (Lipinski definition) is 1. The molecule has 2 rings (SSSR count). The number of aryl methyl sites for hydroxylation is 1. The quantitative estimate of drug-likeness (QED) is 0.595. The number of aromatic nitrogens is 2. The molecule has 0 spiro atoms. The molecule has 1 N–H and O–H groups in total. The molecule has 0 fully saturated rings. The molecule has 0 radical (unpaired) electrons. The van der Waals surface area contributed by atoms with Crippen molar-refractivity contribution >= 4 is 29.6 Å². The summed E-state index contributed by atoms with van der Waals surface area (Å²) in [4.78, 5) is 23.7. The lowest BCUT2D eigenvalue weighted by atomic mass is 10.2. The number of carbonyl (C=O) groups is 2. The van der Waals surface area contributed by atoms with Gasteiger partial charge in [0, 0.05) is 18.2 Å². The zero-order chi connectivity index (χ0) is 19.1. The van der Waals surface area contributed by atoms with Crippen LogP contribution in [0.1, 0.15) is 31.5 Å². The molecular formula is C19H22ClN3O3. The van der Waals surface area contributed by atoms with Crippen molar-refractivity contribution in [2.75, 3.05) is 6.54 Å². The number of hydrogen-bond acceptors (Lipinski definition) is 4. The summed E-state index contributed by atoms with van der Waals surface area (Å²) in [5.41, 5.74) is 2.12. The highest BCUT2D eigenvalue weighted by molar-refractivity contribution is 6.31. The normalized spacial score (nSPS) is 12.2. The number of nitrogens with one attached hydrogen (secondary N) is 1. The Morgan fingerprint density at radius 1 is 1.35 bits per heavy atom. The maximum absolute atomic E-state index is 11.9. The SMILES string of the molecule is CCCNC(=O)[C@H](C)OC(=O)/C=C/c1c(C)nn(-c2ccccc2)c1Cl. The van der Waals surface area contributed by atoms with Crippen LogP contribution in [0.5, 0.6) is 0 Å². The zero-order valence-electron chi connectivity index (χ0n) is 15.0. The highest BCUT2D eigenvalue weighted by atomic mass is 35.5. The fraction of sp³-hybridized carbons (Fsp3) is 0.316. The monoisotopic (exact) mass is 375 g/mol. The number of nitrogens with zero attached hydrogens (tertiary/aromatic N) is 2. The molecule has 1 amide bonds. The number of carbonyl (C=O) groups excluding carboxylic acids is 2. The van der Waals surface area contributed by atoms with Crippen molar-refractivity contribution in [2.24, 2.45) is 0 Å². The Labute approximate surface area is 157 Å². The zero-order valence-corrected chi connectivity index (χ0v) is 15.8. The summed E-state index contributed by atoms with van der Waals surface area (Å²) in [6.07, 6.45) is 2.75. The van der Waals surface area contributed by atoms with E-state index in [-0.39, 0.29) is 5.91 Å². The Hall–Kier alpha value is -2.60. The van der Waals surface area contributed by atoms with Crippen LogP contribution in [0, 0.1) is 6.92 Å². The van der Waals surface area contributed by atoms with Gasteiger partial charge in [-0.25, -0.2) is 9.48 Å². The third-order valence-electron chi connectivity index (χ3n) is 3.65. The van der Waals surface area contributed by atoms with Crippen LogP contribution in [0.2, 0.25) is 5.15 Å². The van der Waals surface area contributed by atoms with E-state index < -0.39 is 12.1 Å². The van der Waals surface area contributed by atoms with Crippen molar-refractivity contribution in [1.82, 2.24) is 15.1 Å². The molecule has 1 heterocycles. The maximum Gasteiger partial charge on any atom is 0.331 e. The molecule has 2 aromatic rings. The standard InChI is InChI=1S/C19H22ClN3O3/c1-4-12-21-19(25)14(3)26-17(24)11-10-16-13(2)22-23(18(16)20)15-8-6-5-7-9-15/h5-11,14H,4,12H2,1-3H3,(H,21,25)/b11-10+/t14-/m0/s1. The summed E-state index contributed by atoms with van der Waals surface area (Å²) < 4.78 is 6.69. The molecule has 0 bridgehead atoms. The second-order valence-corrected chi connectivity index (χ2v) is 6.10.